The molecular weight excluding hydrogens is 776 g/mol. The Morgan fingerprint density at radius 3 is 2.23 bits per heavy atom. The van der Waals surface area contributed by atoms with Crippen LogP contribution in [-0.2, 0) is 19.1 Å². The number of hydrogen-bond donors (Lipinski definition) is 7. The van der Waals surface area contributed by atoms with Gasteiger partial charge in [0, 0.05) is 80.8 Å². The van der Waals surface area contributed by atoms with Crippen molar-refractivity contribution in [3.05, 3.63) is 52.8 Å². The lowest BCUT2D eigenvalue weighted by Gasteiger charge is -2.37. The van der Waals surface area contributed by atoms with E-state index in [4.69, 9.17) is 14.2 Å². The van der Waals surface area contributed by atoms with E-state index in [1.807, 2.05) is 13.8 Å². The van der Waals surface area contributed by atoms with Crippen molar-refractivity contribution in [2.24, 2.45) is 34.7 Å². The van der Waals surface area contributed by atoms with Crippen LogP contribution < -0.4 is 10.1 Å². The van der Waals surface area contributed by atoms with E-state index in [0.29, 0.717) is 32.7 Å². The zero-order valence-electron chi connectivity index (χ0n) is 35.8. The Bertz CT molecular complexity index is 2090. The molecule has 1 fully saturated rings. The molecule has 16 nitrogen and oxygen atoms in total. The van der Waals surface area contributed by atoms with Crippen LogP contribution in [-0.4, -0.2) is 128 Å². The minimum absolute atomic E-state index is 0.0136. The van der Waals surface area contributed by atoms with E-state index in [1.54, 1.807) is 44.0 Å². The summed E-state index contributed by atoms with van der Waals surface area (Å²) in [5, 5.41) is 76.2. The van der Waals surface area contributed by atoms with Gasteiger partial charge in [0.1, 0.15) is 23.4 Å². The maximum Gasteiger partial charge on any atom is 0.312 e. The number of hydrazone groups is 1. The summed E-state index contributed by atoms with van der Waals surface area (Å²) in [7, 11) is 0. The van der Waals surface area contributed by atoms with E-state index in [0.717, 1.165) is 0 Å². The molecule has 0 unspecified atom stereocenters. The van der Waals surface area contributed by atoms with E-state index < -0.39 is 82.7 Å². The van der Waals surface area contributed by atoms with Crippen LogP contribution in [0.4, 0.5) is 5.69 Å². The number of ketones is 1. The van der Waals surface area contributed by atoms with E-state index in [1.165, 1.54) is 46.2 Å². The number of allylic oxidation sites excluding steroid dienone is 3. The first kappa shape index (κ1) is 45.9. The molecule has 0 aromatic heterocycles. The Labute approximate surface area is 350 Å². The topological polar surface area (TPSA) is 231 Å². The van der Waals surface area contributed by atoms with Gasteiger partial charge in [0.2, 0.25) is 0 Å². The Morgan fingerprint density at radius 2 is 1.60 bits per heavy atom. The fourth-order valence-corrected chi connectivity index (χ4v) is 8.10. The van der Waals surface area contributed by atoms with Crippen molar-refractivity contribution in [3.63, 3.8) is 0 Å². The number of piperazine rings is 1. The molecule has 6 rings (SSSR count). The number of aliphatic hydroxyl groups is 3. The number of esters is 1. The van der Waals surface area contributed by atoms with Crippen molar-refractivity contribution < 1.29 is 59.2 Å². The molecule has 16 heteroatoms. The molecule has 1 amide bonds. The van der Waals surface area contributed by atoms with E-state index in [9.17, 15) is 45.0 Å². The number of phenolic OH excluding ortho intramolecular Hbond substituents is 3. The second kappa shape index (κ2) is 18.6. The van der Waals surface area contributed by atoms with Gasteiger partial charge < -0.3 is 50.2 Å². The van der Waals surface area contributed by atoms with E-state index >= 15 is 0 Å². The summed E-state index contributed by atoms with van der Waals surface area (Å²) in [6.07, 6.45) is 6.05. The Hall–Kier alpha value is -5.16. The fourth-order valence-electron chi connectivity index (χ4n) is 8.10. The summed E-state index contributed by atoms with van der Waals surface area (Å²) >= 11 is 0. The van der Waals surface area contributed by atoms with Crippen LogP contribution in [0, 0.1) is 36.5 Å². The number of fused-ring (bicyclic) bond motifs is 14. The predicted molar refractivity (Wildman–Crippen MR) is 225 cm³/mol. The molecule has 0 radical (unpaired) electrons. The zero-order chi connectivity index (χ0) is 44.4. The number of benzene rings is 2. The third-order valence-corrected chi connectivity index (χ3v) is 12.3. The Kier molecular flexibility index (Phi) is 14.3. The number of hydrogen-bond acceptors (Lipinski definition) is 15. The third kappa shape index (κ3) is 9.11. The summed E-state index contributed by atoms with van der Waals surface area (Å²) in [6.45, 7) is 17.3. The van der Waals surface area contributed by atoms with Gasteiger partial charge in [-0.1, -0.05) is 52.8 Å². The number of β-amino-alcohol motifs (C(OH)–C–C–N with tert-alkyl or cyclic N) is 1. The molecule has 2 aromatic carbocycles. The number of rotatable bonds is 5. The van der Waals surface area contributed by atoms with E-state index in [-0.39, 0.29) is 57.0 Å². The monoisotopic (exact) mass is 836 g/mol. The van der Waals surface area contributed by atoms with Gasteiger partial charge in [0.25, 0.3) is 11.7 Å². The van der Waals surface area contributed by atoms with E-state index in [2.05, 4.69) is 15.3 Å². The number of aromatic hydroxyl groups is 3. The van der Waals surface area contributed by atoms with Crippen LogP contribution in [0.3, 0.4) is 0 Å². The molecular formula is C44H60N4O12. The molecule has 328 valence electrons. The molecule has 4 aliphatic heterocycles. The van der Waals surface area contributed by atoms with Gasteiger partial charge in [-0.25, -0.2) is 0 Å². The van der Waals surface area contributed by atoms with Crippen molar-refractivity contribution >= 4 is 40.3 Å². The first-order valence-corrected chi connectivity index (χ1v) is 20.4. The molecule has 4 heterocycles. The molecule has 9 atom stereocenters. The summed E-state index contributed by atoms with van der Waals surface area (Å²) in [5.41, 5.74) is -0.378. The molecule has 7 N–H and O–H groups in total. The average molecular weight is 837 g/mol. The van der Waals surface area contributed by atoms with Gasteiger partial charge in [-0.3, -0.25) is 24.3 Å². The Morgan fingerprint density at radius 1 is 0.933 bits per heavy atom. The smallest absolute Gasteiger partial charge is 0.312 e. The molecule has 60 heavy (non-hydrogen) atoms. The van der Waals surface area contributed by atoms with Gasteiger partial charge in [-0.05, 0) is 31.8 Å². The predicted octanol–water partition coefficient (Wildman–Crippen LogP) is 4.32. The van der Waals surface area contributed by atoms with Crippen molar-refractivity contribution in [2.45, 2.75) is 86.4 Å². The highest BCUT2D eigenvalue weighted by Gasteiger charge is 2.50. The normalized spacial score (nSPS) is 31.7. The van der Waals surface area contributed by atoms with Crippen LogP contribution in [0.25, 0.3) is 10.8 Å². The first-order valence-electron chi connectivity index (χ1n) is 20.4. The number of ether oxygens (including phenoxy) is 3. The fraction of sp³-hybridized carbons (Fsp3) is 0.545. The SMILES string of the molecule is CC(=O)O[C@H]1[C@H](C)[C@H](O)[C@H](C)[C@@H](O)[C@@H](C)/C=C/C=C(/C)C(=O)Nc2c(/C=N\N3CCN(CCO)CC3)c(O)c3c4c(c(C)c(O)c3c2O)O[C@](C)(O/C=C/[C@H](C)[C@H]1C)C4=O. The number of anilines is 1. The van der Waals surface area contributed by atoms with Gasteiger partial charge in [-0.2, -0.15) is 5.10 Å². The van der Waals surface area contributed by atoms with Crippen LogP contribution in [0.5, 0.6) is 23.0 Å². The highest BCUT2D eigenvalue weighted by molar-refractivity contribution is 6.23. The molecule has 2 aromatic rings. The van der Waals surface area contributed by atoms with Crippen LogP contribution in [0.15, 0.2) is 41.2 Å². The third-order valence-electron chi connectivity index (χ3n) is 12.3. The lowest BCUT2D eigenvalue weighted by atomic mass is 9.77. The van der Waals surface area contributed by atoms with Gasteiger partial charge in [0.05, 0.1) is 53.5 Å². The van der Waals surface area contributed by atoms with Crippen LogP contribution >= 0.6 is 0 Å². The molecule has 5 bridgehead atoms. The van der Waals surface area contributed by atoms with Gasteiger partial charge in [0.15, 0.2) is 5.75 Å². The summed E-state index contributed by atoms with van der Waals surface area (Å²) in [6, 6.07) is 0. The maximum absolute atomic E-state index is 14.4. The second-order valence-corrected chi connectivity index (χ2v) is 16.5. The molecule has 0 saturated carbocycles. The van der Waals surface area contributed by atoms with Gasteiger partial charge in [-0.15, -0.1) is 0 Å². The Balaban J connectivity index is 1.67. The highest BCUT2D eigenvalue weighted by atomic mass is 16.7. The van der Waals surface area contributed by atoms with Gasteiger partial charge >= 0.3 is 11.8 Å². The number of nitrogens with one attached hydrogen (secondary N) is 1. The molecule has 0 spiro atoms. The summed E-state index contributed by atoms with van der Waals surface area (Å²) in [5.74, 6) is -8.31. The van der Waals surface area contributed by atoms with Crippen molar-refractivity contribution in [1.29, 1.82) is 0 Å². The number of Topliss-reactive ketones (excluding diaryl/α,β-unsaturated/α-hetero) is 1. The number of carbonyl (C=O) groups excluding carboxylic acids is 3. The standard InChI is InChI=1S/C44H60N4O12/c1-22-13-20-58-44(9)42(56)33-31-32(37(53)28(7)41(33)60-44)39(55)34(30(38(31)54)21-45-48-16-14-47(15-17-48)18-19-49)46-43(57)24(3)12-10-11-23(2)35(51)26(5)36(52)27(6)40(25(22)4)59-29(8)50/h10-13,20-23,25-27,35-36,40,49,51-55H,14-19H2,1-9H3,(H,46,57)/b11-10+,20-13+,24-12-,45-21-/t22-,23-,25+,26+,27+,35-,36+,40+,44-/m0/s1. The largest absolute Gasteiger partial charge is 0.507 e. The number of aliphatic hydroxyl groups excluding tert-OH is 3. The van der Waals surface area contributed by atoms with Crippen LogP contribution in [0.2, 0.25) is 0 Å². The highest BCUT2D eigenvalue weighted by Crippen LogP contribution is 2.55. The number of amides is 1. The minimum Gasteiger partial charge on any atom is -0.507 e. The van der Waals surface area contributed by atoms with Crippen molar-refractivity contribution in [3.8, 4) is 23.0 Å². The number of carbonyl (C=O) groups is 3. The number of phenols is 3. The lowest BCUT2D eigenvalue weighted by molar-refractivity contribution is -0.158. The minimum atomic E-state index is -2.01. The first-order chi connectivity index (χ1) is 28.2. The second-order valence-electron chi connectivity index (χ2n) is 16.5. The van der Waals surface area contributed by atoms with Crippen molar-refractivity contribution in [1.82, 2.24) is 9.91 Å². The molecule has 4 aliphatic rings. The quantitative estimate of drug-likeness (QED) is 0.0963. The molecule has 1 saturated heterocycles. The maximum atomic E-state index is 14.4. The summed E-state index contributed by atoms with van der Waals surface area (Å²) in [4.78, 5) is 42.6. The summed E-state index contributed by atoms with van der Waals surface area (Å²) < 4.78 is 17.9. The van der Waals surface area contributed by atoms with Crippen LogP contribution in [0.1, 0.15) is 76.9 Å². The zero-order valence-corrected chi connectivity index (χ0v) is 35.8. The average Bonchev–Trinajstić information content (AvgIpc) is 3.47. The number of nitrogens with zero attached hydrogens (tertiary/aromatic N) is 3. The lowest BCUT2D eigenvalue weighted by Crippen LogP contribution is -2.45. The molecule has 0 aliphatic carbocycles. The van der Waals surface area contributed by atoms with Crippen molar-refractivity contribution in [2.75, 3.05) is 44.6 Å².